The van der Waals surface area contributed by atoms with Crippen molar-refractivity contribution in [2.45, 2.75) is 58.3 Å². The number of rotatable bonds is 8. The lowest BCUT2D eigenvalue weighted by Gasteiger charge is -2.17. The lowest BCUT2D eigenvalue weighted by atomic mass is 10.1. The van der Waals surface area contributed by atoms with E-state index in [1.54, 1.807) is 4.19 Å². The Labute approximate surface area is 147 Å². The number of unbranched alkanes of at least 4 members (excludes halogenated alkanes) is 6. The Morgan fingerprint density at radius 1 is 0.913 bits per heavy atom. The molecule has 2 aromatic rings. The number of hydrogen-bond acceptors (Lipinski definition) is 5. The molecule has 0 aliphatic heterocycles. The SMILES string of the molecule is CCCCCCCCCc1sc2ccccc2[s+]1.[O-][Cl+3]([O-])([O-])[O-]. The van der Waals surface area contributed by atoms with Gasteiger partial charge in [-0.2, -0.15) is 0 Å². The molecule has 2 rings (SSSR count). The Kier molecular flexibility index (Phi) is 10.1. The highest BCUT2D eigenvalue weighted by atomic mass is 35.7. The van der Waals surface area contributed by atoms with Crippen molar-refractivity contribution in [3.63, 3.8) is 0 Å². The molecular weight excluding hydrogens is 356 g/mol. The predicted octanol–water partition coefficient (Wildman–Crippen LogP) is 1.78. The monoisotopic (exact) mass is 378 g/mol. The van der Waals surface area contributed by atoms with Crippen LogP contribution in [0.3, 0.4) is 0 Å². The van der Waals surface area contributed by atoms with Crippen molar-refractivity contribution in [3.8, 4) is 0 Å². The second-order valence-electron chi connectivity index (χ2n) is 5.27. The van der Waals surface area contributed by atoms with E-state index in [9.17, 15) is 0 Å². The molecule has 0 radical (unpaired) electrons. The highest BCUT2D eigenvalue weighted by molar-refractivity contribution is 7.38. The highest BCUT2D eigenvalue weighted by Crippen LogP contribution is 2.32. The minimum atomic E-state index is -4.94. The van der Waals surface area contributed by atoms with E-state index in [0.29, 0.717) is 0 Å². The normalized spacial score (nSPS) is 11.3. The Morgan fingerprint density at radius 3 is 2.09 bits per heavy atom. The number of benzene rings is 1. The summed E-state index contributed by atoms with van der Waals surface area (Å²) in [6, 6.07) is 8.77. The Morgan fingerprint density at radius 2 is 1.48 bits per heavy atom. The molecule has 0 aliphatic rings. The van der Waals surface area contributed by atoms with Crippen LogP contribution in [0, 0.1) is 10.2 Å². The first-order chi connectivity index (χ1) is 10.9. The van der Waals surface area contributed by atoms with Crippen LogP contribution in [-0.4, -0.2) is 0 Å². The maximum absolute atomic E-state index is 8.49. The van der Waals surface area contributed by atoms with Gasteiger partial charge in [-0.15, -0.1) is 10.2 Å². The van der Waals surface area contributed by atoms with Gasteiger partial charge in [0, 0.05) is 6.42 Å². The zero-order chi connectivity index (χ0) is 17.1. The molecule has 130 valence electrons. The van der Waals surface area contributed by atoms with Crippen LogP contribution in [0.4, 0.5) is 0 Å². The first kappa shape index (κ1) is 20.7. The molecule has 0 spiro atoms. The van der Waals surface area contributed by atoms with E-state index >= 15 is 0 Å². The summed E-state index contributed by atoms with van der Waals surface area (Å²) in [5.74, 6) is 0. The maximum Gasteiger partial charge on any atom is 0.255 e. The van der Waals surface area contributed by atoms with Gasteiger partial charge in [-0.3, -0.25) is 0 Å². The molecule has 0 atom stereocenters. The third kappa shape index (κ3) is 10.9. The molecule has 1 aromatic carbocycles. The van der Waals surface area contributed by atoms with Gasteiger partial charge in [0.05, 0.1) is 22.7 Å². The summed E-state index contributed by atoms with van der Waals surface area (Å²) in [7, 11) is -4.94. The topological polar surface area (TPSA) is 92.2 Å². The molecule has 0 saturated carbocycles. The first-order valence-electron chi connectivity index (χ1n) is 7.82. The molecule has 7 heteroatoms. The standard InChI is InChI=1S/C16H23S2.ClHO4/c1-2-3-4-5-6-7-8-13-16-17-14-11-9-10-12-15(14)18-16;2-1(3,4)5/h9-12H,2-8,13H2,1H3;(H,2,3,4,5)/q+1;/p-1. The van der Waals surface area contributed by atoms with Crippen LogP contribution in [0.15, 0.2) is 24.3 Å². The van der Waals surface area contributed by atoms with Crippen molar-refractivity contribution in [2.24, 2.45) is 0 Å². The smallest absolute Gasteiger partial charge is 0.222 e. The van der Waals surface area contributed by atoms with Gasteiger partial charge in [-0.1, -0.05) is 57.6 Å². The fourth-order valence-corrected chi connectivity index (χ4v) is 4.78. The van der Waals surface area contributed by atoms with Gasteiger partial charge in [-0.25, -0.2) is 18.6 Å². The lowest BCUT2D eigenvalue weighted by Crippen LogP contribution is -2.68. The van der Waals surface area contributed by atoms with E-state index in [1.807, 2.05) is 22.7 Å². The second kappa shape index (κ2) is 11.3. The average molecular weight is 379 g/mol. The summed E-state index contributed by atoms with van der Waals surface area (Å²) in [5.41, 5.74) is 0. The van der Waals surface area contributed by atoms with E-state index in [-0.39, 0.29) is 0 Å². The maximum atomic E-state index is 8.49. The van der Waals surface area contributed by atoms with Gasteiger partial charge in [0.15, 0.2) is 9.40 Å². The van der Waals surface area contributed by atoms with Crippen molar-refractivity contribution in [1.82, 2.24) is 0 Å². The van der Waals surface area contributed by atoms with Gasteiger partial charge >= 0.3 is 0 Å². The quantitative estimate of drug-likeness (QED) is 0.517. The van der Waals surface area contributed by atoms with Crippen LogP contribution in [0.5, 0.6) is 0 Å². The van der Waals surface area contributed by atoms with Crippen molar-refractivity contribution in [1.29, 1.82) is 0 Å². The van der Waals surface area contributed by atoms with Crippen LogP contribution >= 0.6 is 22.7 Å². The molecular formula is C16H23ClO4S2. The van der Waals surface area contributed by atoms with Gasteiger partial charge in [0.2, 0.25) is 0 Å². The van der Waals surface area contributed by atoms with Crippen molar-refractivity contribution < 1.29 is 28.9 Å². The predicted molar refractivity (Wildman–Crippen MR) is 85.8 cm³/mol. The number of halogens is 1. The molecule has 4 nitrogen and oxygen atoms in total. The molecule has 0 amide bonds. The fourth-order valence-electron chi connectivity index (χ4n) is 2.21. The molecule has 0 bridgehead atoms. The molecule has 1 aromatic heterocycles. The van der Waals surface area contributed by atoms with Crippen molar-refractivity contribution >= 4 is 32.1 Å². The summed E-state index contributed by atoms with van der Waals surface area (Å²) in [6.07, 6.45) is 11.1. The molecule has 0 fully saturated rings. The number of fused-ring (bicyclic) bond motifs is 1. The molecule has 0 unspecified atom stereocenters. The summed E-state index contributed by atoms with van der Waals surface area (Å²) >= 11 is 3.98. The van der Waals surface area contributed by atoms with E-state index < -0.39 is 10.2 Å². The molecule has 0 saturated heterocycles. The average Bonchev–Trinajstić information content (AvgIpc) is 2.87. The fraction of sp³-hybridized carbons (Fsp3) is 0.562. The van der Waals surface area contributed by atoms with Gasteiger partial charge in [-0.05, 0) is 18.6 Å². The first-order valence-corrected chi connectivity index (χ1v) is 10.7. The van der Waals surface area contributed by atoms with Crippen LogP contribution in [0.25, 0.3) is 9.40 Å². The Hall–Kier alpha value is -0.340. The Balaban J connectivity index is 0.000000463. The number of hydrogen-bond donors (Lipinski definition) is 0. The molecule has 0 N–H and O–H groups in total. The van der Waals surface area contributed by atoms with E-state index in [0.717, 1.165) is 0 Å². The molecule has 23 heavy (non-hydrogen) atoms. The van der Waals surface area contributed by atoms with E-state index in [2.05, 4.69) is 31.2 Å². The number of aryl methyl sites for hydroxylation is 1. The third-order valence-electron chi connectivity index (χ3n) is 3.28. The largest absolute Gasteiger partial charge is 0.255 e. The van der Waals surface area contributed by atoms with Crippen molar-refractivity contribution in [2.75, 3.05) is 0 Å². The Bertz CT molecular complexity index is 515. The minimum Gasteiger partial charge on any atom is -0.222 e. The zero-order valence-electron chi connectivity index (χ0n) is 13.3. The van der Waals surface area contributed by atoms with Gasteiger partial charge in [0.25, 0.3) is 4.19 Å². The summed E-state index contributed by atoms with van der Waals surface area (Å²) in [5, 5.41) is 0. The van der Waals surface area contributed by atoms with Crippen LogP contribution in [0.1, 0.15) is 56.1 Å². The molecule has 1 heterocycles. The van der Waals surface area contributed by atoms with E-state index in [1.165, 1.54) is 60.8 Å². The third-order valence-corrected chi connectivity index (χ3v) is 5.93. The summed E-state index contributed by atoms with van der Waals surface area (Å²) in [6.45, 7) is 2.28. The van der Waals surface area contributed by atoms with Crippen LogP contribution in [-0.2, 0) is 6.42 Å². The molecule has 0 aliphatic carbocycles. The van der Waals surface area contributed by atoms with Gasteiger partial charge in [0.1, 0.15) is 0 Å². The highest BCUT2D eigenvalue weighted by Gasteiger charge is 2.14. The lowest BCUT2D eigenvalue weighted by molar-refractivity contribution is -2.00. The van der Waals surface area contributed by atoms with E-state index in [4.69, 9.17) is 18.6 Å². The second-order valence-corrected chi connectivity index (χ2v) is 8.56. The minimum absolute atomic E-state index is 1.29. The van der Waals surface area contributed by atoms with Crippen LogP contribution < -0.4 is 18.6 Å². The van der Waals surface area contributed by atoms with Crippen LogP contribution in [0.2, 0.25) is 0 Å². The summed E-state index contributed by atoms with van der Waals surface area (Å²) < 4.78 is 38.5. The van der Waals surface area contributed by atoms with Crippen molar-refractivity contribution in [3.05, 3.63) is 28.5 Å². The van der Waals surface area contributed by atoms with Gasteiger partial charge < -0.3 is 0 Å². The summed E-state index contributed by atoms with van der Waals surface area (Å²) in [4.78, 5) is 0. The zero-order valence-corrected chi connectivity index (χ0v) is 15.7.